The summed E-state index contributed by atoms with van der Waals surface area (Å²) in [5.41, 5.74) is 7.25. The molecule has 1 aromatic carbocycles. The summed E-state index contributed by atoms with van der Waals surface area (Å²) in [5, 5.41) is 7.16. The average Bonchev–Trinajstić information content (AvgIpc) is 2.93. The van der Waals surface area contributed by atoms with E-state index in [0.29, 0.717) is 24.1 Å². The minimum atomic E-state index is -0.0762. The van der Waals surface area contributed by atoms with Crippen LogP contribution in [0.1, 0.15) is 23.2 Å². The molecule has 0 bridgehead atoms. The van der Waals surface area contributed by atoms with Crippen LogP contribution in [0.4, 0.5) is 0 Å². The summed E-state index contributed by atoms with van der Waals surface area (Å²) in [5.74, 6) is 0.450. The smallest absolute Gasteiger partial charge is 0.254 e. The van der Waals surface area contributed by atoms with Gasteiger partial charge in [0.2, 0.25) is 0 Å². The second-order valence-electron chi connectivity index (χ2n) is 5.32. The normalized spacial score (nSPS) is 21.2. The van der Waals surface area contributed by atoms with Gasteiger partial charge in [0.15, 0.2) is 0 Å². The zero-order chi connectivity index (χ0) is 13.9. The number of amides is 1. The van der Waals surface area contributed by atoms with Gasteiger partial charge in [-0.05, 0) is 30.9 Å². The zero-order valence-electron chi connectivity index (χ0n) is 11.2. The number of carbonyl (C=O) groups excluding carboxylic acids is 1. The Balaban J connectivity index is 1.60. The molecule has 0 spiro atoms. The third-order valence-corrected chi connectivity index (χ3v) is 3.69. The second kappa shape index (κ2) is 5.46. The maximum absolute atomic E-state index is 12.0. The summed E-state index contributed by atoms with van der Waals surface area (Å²) >= 11 is 0. The lowest BCUT2D eigenvalue weighted by Crippen LogP contribution is -2.42. The molecule has 1 heterocycles. The van der Waals surface area contributed by atoms with Crippen molar-refractivity contribution < 1.29 is 4.79 Å². The van der Waals surface area contributed by atoms with Crippen LogP contribution in [0, 0.1) is 5.92 Å². The van der Waals surface area contributed by atoms with E-state index in [4.69, 9.17) is 5.73 Å². The molecule has 1 saturated carbocycles. The van der Waals surface area contributed by atoms with E-state index in [1.165, 1.54) is 0 Å². The number of nitrogens with zero attached hydrogens (tertiary/aromatic N) is 2. The predicted molar refractivity (Wildman–Crippen MR) is 76.6 cm³/mol. The molecule has 0 aliphatic heterocycles. The van der Waals surface area contributed by atoms with Gasteiger partial charge in [-0.15, -0.1) is 0 Å². The number of aromatic nitrogens is 2. The number of rotatable bonds is 4. The van der Waals surface area contributed by atoms with Crippen molar-refractivity contribution in [3.8, 4) is 5.69 Å². The van der Waals surface area contributed by atoms with E-state index in [1.54, 1.807) is 17.1 Å². The van der Waals surface area contributed by atoms with Gasteiger partial charge in [0, 0.05) is 18.8 Å². The molecule has 1 aliphatic carbocycles. The monoisotopic (exact) mass is 270 g/mol. The minimum absolute atomic E-state index is 0.0762. The Labute approximate surface area is 117 Å². The van der Waals surface area contributed by atoms with Crippen LogP contribution in [0.3, 0.4) is 0 Å². The van der Waals surface area contributed by atoms with Crippen LogP contribution in [-0.4, -0.2) is 28.3 Å². The zero-order valence-corrected chi connectivity index (χ0v) is 11.2. The Hall–Kier alpha value is -2.14. The molecule has 2 aromatic rings. The first-order valence-corrected chi connectivity index (χ1v) is 6.86. The van der Waals surface area contributed by atoms with Crippen molar-refractivity contribution in [2.75, 3.05) is 6.54 Å². The SMILES string of the molecule is NC1CC(CNC(=O)c2cnn(-c3ccccc3)c2)C1. The summed E-state index contributed by atoms with van der Waals surface area (Å²) in [4.78, 5) is 12.0. The van der Waals surface area contributed by atoms with Crippen LogP contribution in [0.25, 0.3) is 5.69 Å². The quantitative estimate of drug-likeness (QED) is 0.880. The van der Waals surface area contributed by atoms with E-state index in [9.17, 15) is 4.79 Å². The minimum Gasteiger partial charge on any atom is -0.352 e. The molecule has 3 rings (SSSR count). The van der Waals surface area contributed by atoms with Crippen LogP contribution in [0.2, 0.25) is 0 Å². The van der Waals surface area contributed by atoms with Gasteiger partial charge in [-0.25, -0.2) is 4.68 Å². The van der Waals surface area contributed by atoms with Crippen molar-refractivity contribution in [1.82, 2.24) is 15.1 Å². The van der Waals surface area contributed by atoms with Gasteiger partial charge >= 0.3 is 0 Å². The molecule has 0 atom stereocenters. The van der Waals surface area contributed by atoms with Gasteiger partial charge in [-0.2, -0.15) is 5.10 Å². The van der Waals surface area contributed by atoms with Crippen molar-refractivity contribution in [3.05, 3.63) is 48.3 Å². The number of para-hydroxylation sites is 1. The number of hydrogen-bond acceptors (Lipinski definition) is 3. The molecule has 20 heavy (non-hydrogen) atoms. The summed E-state index contributed by atoms with van der Waals surface area (Å²) in [6, 6.07) is 10.0. The Bertz CT molecular complexity index is 587. The van der Waals surface area contributed by atoms with Crippen LogP contribution in [0.15, 0.2) is 42.7 Å². The molecule has 0 saturated heterocycles. The Morgan fingerprint density at radius 3 is 2.80 bits per heavy atom. The summed E-state index contributed by atoms with van der Waals surface area (Å²) in [7, 11) is 0. The molecule has 1 amide bonds. The number of carbonyl (C=O) groups is 1. The van der Waals surface area contributed by atoms with E-state index < -0.39 is 0 Å². The van der Waals surface area contributed by atoms with E-state index in [0.717, 1.165) is 18.5 Å². The molecule has 104 valence electrons. The molecule has 5 heteroatoms. The van der Waals surface area contributed by atoms with E-state index in [1.807, 2.05) is 30.3 Å². The summed E-state index contributed by atoms with van der Waals surface area (Å²) < 4.78 is 1.70. The van der Waals surface area contributed by atoms with E-state index >= 15 is 0 Å². The van der Waals surface area contributed by atoms with Crippen LogP contribution in [0.5, 0.6) is 0 Å². The predicted octanol–water partition coefficient (Wildman–Crippen LogP) is 1.34. The Kier molecular flexibility index (Phi) is 3.52. The highest BCUT2D eigenvalue weighted by Crippen LogP contribution is 2.24. The third-order valence-electron chi connectivity index (χ3n) is 3.69. The highest BCUT2D eigenvalue weighted by atomic mass is 16.1. The van der Waals surface area contributed by atoms with E-state index in [2.05, 4.69) is 10.4 Å². The lowest BCUT2D eigenvalue weighted by molar-refractivity contribution is 0.0935. The molecule has 0 radical (unpaired) electrons. The topological polar surface area (TPSA) is 72.9 Å². The van der Waals surface area contributed by atoms with Gasteiger partial charge < -0.3 is 11.1 Å². The highest BCUT2D eigenvalue weighted by molar-refractivity contribution is 5.93. The van der Waals surface area contributed by atoms with Crippen molar-refractivity contribution in [2.24, 2.45) is 11.7 Å². The Morgan fingerprint density at radius 2 is 2.10 bits per heavy atom. The molecular weight excluding hydrogens is 252 g/mol. The van der Waals surface area contributed by atoms with Crippen molar-refractivity contribution in [2.45, 2.75) is 18.9 Å². The van der Waals surface area contributed by atoms with Gasteiger partial charge in [0.1, 0.15) is 0 Å². The standard InChI is InChI=1S/C15H18N4O/c16-13-6-11(7-13)8-17-15(20)12-9-18-19(10-12)14-4-2-1-3-5-14/h1-5,9-11,13H,6-8,16H2,(H,17,20). The van der Waals surface area contributed by atoms with Crippen LogP contribution >= 0.6 is 0 Å². The van der Waals surface area contributed by atoms with Crippen LogP contribution < -0.4 is 11.1 Å². The highest BCUT2D eigenvalue weighted by Gasteiger charge is 2.26. The summed E-state index contributed by atoms with van der Waals surface area (Å²) in [6.45, 7) is 0.697. The van der Waals surface area contributed by atoms with Gasteiger partial charge in [0.25, 0.3) is 5.91 Å². The molecular formula is C15H18N4O. The first-order chi connectivity index (χ1) is 9.72. The Morgan fingerprint density at radius 1 is 1.35 bits per heavy atom. The van der Waals surface area contributed by atoms with E-state index in [-0.39, 0.29) is 5.91 Å². The molecule has 1 aromatic heterocycles. The fourth-order valence-electron chi connectivity index (χ4n) is 2.46. The fraction of sp³-hybridized carbons (Fsp3) is 0.333. The van der Waals surface area contributed by atoms with Crippen LogP contribution in [-0.2, 0) is 0 Å². The molecule has 0 unspecified atom stereocenters. The number of hydrogen-bond donors (Lipinski definition) is 2. The van der Waals surface area contributed by atoms with Gasteiger partial charge in [-0.1, -0.05) is 18.2 Å². The largest absolute Gasteiger partial charge is 0.352 e. The second-order valence-corrected chi connectivity index (χ2v) is 5.32. The number of nitrogens with one attached hydrogen (secondary N) is 1. The third kappa shape index (κ3) is 2.72. The lowest BCUT2D eigenvalue weighted by Gasteiger charge is -2.32. The number of nitrogens with two attached hydrogens (primary N) is 1. The molecule has 5 nitrogen and oxygen atoms in total. The molecule has 1 fully saturated rings. The van der Waals surface area contributed by atoms with Crippen molar-refractivity contribution >= 4 is 5.91 Å². The maximum Gasteiger partial charge on any atom is 0.254 e. The van der Waals surface area contributed by atoms with Crippen molar-refractivity contribution in [1.29, 1.82) is 0 Å². The fourth-order valence-corrected chi connectivity index (χ4v) is 2.46. The molecule has 1 aliphatic rings. The van der Waals surface area contributed by atoms with Gasteiger partial charge in [-0.3, -0.25) is 4.79 Å². The molecule has 3 N–H and O–H groups in total. The summed E-state index contributed by atoms with van der Waals surface area (Å²) in [6.07, 6.45) is 5.35. The first kappa shape index (κ1) is 12.9. The van der Waals surface area contributed by atoms with Crippen molar-refractivity contribution in [3.63, 3.8) is 0 Å². The van der Waals surface area contributed by atoms with Gasteiger partial charge in [0.05, 0.1) is 17.4 Å². The lowest BCUT2D eigenvalue weighted by atomic mass is 9.81. The first-order valence-electron chi connectivity index (χ1n) is 6.86. The number of benzene rings is 1. The average molecular weight is 270 g/mol. The maximum atomic E-state index is 12.0.